The van der Waals surface area contributed by atoms with Crippen LogP contribution >= 0.6 is 0 Å². The zero-order valence-electron chi connectivity index (χ0n) is 10.6. The van der Waals surface area contributed by atoms with Crippen LogP contribution in [0, 0.1) is 0 Å². The van der Waals surface area contributed by atoms with Crippen LogP contribution in [-0.2, 0) is 9.53 Å². The van der Waals surface area contributed by atoms with Crippen LogP contribution in [0.4, 0.5) is 0 Å². The van der Waals surface area contributed by atoms with Gasteiger partial charge in [0.15, 0.2) is 5.78 Å². The van der Waals surface area contributed by atoms with Crippen LogP contribution in [0.3, 0.4) is 0 Å². The Hall–Kier alpha value is -2.04. The van der Waals surface area contributed by atoms with Crippen molar-refractivity contribution in [2.75, 3.05) is 7.11 Å². The molecule has 18 heavy (non-hydrogen) atoms. The molecule has 0 unspecified atom stereocenters. The Morgan fingerprint density at radius 1 is 1.33 bits per heavy atom. The van der Waals surface area contributed by atoms with E-state index in [-0.39, 0.29) is 17.4 Å². The first-order chi connectivity index (χ1) is 8.43. The predicted octanol–water partition coefficient (Wildman–Crippen LogP) is 1.93. The van der Waals surface area contributed by atoms with E-state index in [9.17, 15) is 14.7 Å². The van der Waals surface area contributed by atoms with Gasteiger partial charge in [0.05, 0.1) is 18.8 Å². The number of aromatic hydroxyl groups is 1. The maximum absolute atomic E-state index is 11.8. The third-order valence-electron chi connectivity index (χ3n) is 2.17. The minimum absolute atomic E-state index is 0.0434. The van der Waals surface area contributed by atoms with Crippen molar-refractivity contribution in [2.24, 2.45) is 0 Å². The number of carbonyl (C=O) groups is 2. The van der Waals surface area contributed by atoms with Gasteiger partial charge in [0.25, 0.3) is 0 Å². The Bertz CT molecular complexity index is 451. The SMILES string of the molecule is COC(=O)CC(=O)c1cc(OC(C)C)ccc1O. The van der Waals surface area contributed by atoms with Crippen LogP contribution in [-0.4, -0.2) is 30.1 Å². The van der Waals surface area contributed by atoms with Crippen molar-refractivity contribution in [2.45, 2.75) is 26.4 Å². The molecule has 0 aliphatic heterocycles. The van der Waals surface area contributed by atoms with Crippen LogP contribution in [0.15, 0.2) is 18.2 Å². The molecule has 0 radical (unpaired) electrons. The van der Waals surface area contributed by atoms with E-state index in [1.807, 2.05) is 13.8 Å². The fraction of sp³-hybridized carbons (Fsp3) is 0.385. The average molecular weight is 252 g/mol. The van der Waals surface area contributed by atoms with Gasteiger partial charge in [-0.05, 0) is 32.0 Å². The summed E-state index contributed by atoms with van der Waals surface area (Å²) in [6, 6.07) is 4.34. The lowest BCUT2D eigenvalue weighted by Gasteiger charge is -2.11. The van der Waals surface area contributed by atoms with Crippen molar-refractivity contribution in [3.05, 3.63) is 23.8 Å². The number of esters is 1. The van der Waals surface area contributed by atoms with Gasteiger partial charge in [-0.2, -0.15) is 0 Å². The highest BCUT2D eigenvalue weighted by Crippen LogP contribution is 2.25. The van der Waals surface area contributed by atoms with E-state index in [4.69, 9.17) is 4.74 Å². The van der Waals surface area contributed by atoms with Gasteiger partial charge in [-0.1, -0.05) is 0 Å². The fourth-order valence-electron chi connectivity index (χ4n) is 1.38. The molecular weight excluding hydrogens is 236 g/mol. The molecule has 5 nitrogen and oxygen atoms in total. The fourth-order valence-corrected chi connectivity index (χ4v) is 1.38. The molecule has 1 N–H and O–H groups in total. The van der Waals surface area contributed by atoms with E-state index < -0.39 is 18.2 Å². The van der Waals surface area contributed by atoms with Crippen molar-refractivity contribution in [3.8, 4) is 11.5 Å². The Balaban J connectivity index is 2.93. The summed E-state index contributed by atoms with van der Waals surface area (Å²) in [4.78, 5) is 22.8. The molecule has 1 aromatic rings. The van der Waals surface area contributed by atoms with Gasteiger partial charge in [-0.3, -0.25) is 9.59 Å². The maximum Gasteiger partial charge on any atom is 0.313 e. The summed E-state index contributed by atoms with van der Waals surface area (Å²) < 4.78 is 9.82. The second-order valence-electron chi connectivity index (χ2n) is 4.02. The van der Waals surface area contributed by atoms with E-state index in [0.29, 0.717) is 5.75 Å². The summed E-state index contributed by atoms with van der Waals surface area (Å²) in [5.41, 5.74) is 0.0542. The van der Waals surface area contributed by atoms with Crippen molar-refractivity contribution in [1.29, 1.82) is 0 Å². The molecule has 5 heteroatoms. The third kappa shape index (κ3) is 3.76. The highest BCUT2D eigenvalue weighted by molar-refractivity contribution is 6.07. The Morgan fingerprint density at radius 3 is 2.56 bits per heavy atom. The van der Waals surface area contributed by atoms with Crippen molar-refractivity contribution in [3.63, 3.8) is 0 Å². The second kappa shape index (κ2) is 6.05. The Kier molecular flexibility index (Phi) is 4.71. The molecule has 0 spiro atoms. The number of ether oxygens (including phenoxy) is 2. The van der Waals surface area contributed by atoms with Gasteiger partial charge in [0.1, 0.15) is 17.9 Å². The summed E-state index contributed by atoms with van der Waals surface area (Å²) >= 11 is 0. The summed E-state index contributed by atoms with van der Waals surface area (Å²) in [6.45, 7) is 3.70. The normalized spacial score (nSPS) is 10.2. The number of hydrogen-bond acceptors (Lipinski definition) is 5. The van der Waals surface area contributed by atoms with Crippen LogP contribution in [0.1, 0.15) is 30.6 Å². The Morgan fingerprint density at radius 2 is 2.00 bits per heavy atom. The topological polar surface area (TPSA) is 72.8 Å². The van der Waals surface area contributed by atoms with E-state index in [1.165, 1.54) is 19.2 Å². The molecule has 0 bridgehead atoms. The zero-order chi connectivity index (χ0) is 13.7. The molecule has 0 amide bonds. The molecule has 98 valence electrons. The van der Waals surface area contributed by atoms with E-state index >= 15 is 0 Å². The summed E-state index contributed by atoms with van der Waals surface area (Å²) in [7, 11) is 1.20. The van der Waals surface area contributed by atoms with Crippen molar-refractivity contribution in [1.82, 2.24) is 0 Å². The minimum atomic E-state index is -0.644. The van der Waals surface area contributed by atoms with E-state index in [1.54, 1.807) is 6.07 Å². The van der Waals surface area contributed by atoms with Crippen molar-refractivity contribution < 1.29 is 24.2 Å². The molecule has 0 saturated carbocycles. The van der Waals surface area contributed by atoms with Gasteiger partial charge in [-0.15, -0.1) is 0 Å². The quantitative estimate of drug-likeness (QED) is 0.492. The number of phenols is 1. The molecule has 1 rings (SSSR count). The number of Topliss-reactive ketones (excluding diaryl/α,β-unsaturated/α-hetero) is 1. The highest BCUT2D eigenvalue weighted by atomic mass is 16.5. The largest absolute Gasteiger partial charge is 0.507 e. The molecule has 0 fully saturated rings. The van der Waals surface area contributed by atoms with Gasteiger partial charge in [0.2, 0.25) is 0 Å². The second-order valence-corrected chi connectivity index (χ2v) is 4.02. The van der Waals surface area contributed by atoms with Gasteiger partial charge >= 0.3 is 5.97 Å². The highest BCUT2D eigenvalue weighted by Gasteiger charge is 2.16. The van der Waals surface area contributed by atoms with Crippen LogP contribution in [0.5, 0.6) is 11.5 Å². The summed E-state index contributed by atoms with van der Waals surface area (Å²) in [5, 5.41) is 9.60. The zero-order valence-corrected chi connectivity index (χ0v) is 10.6. The minimum Gasteiger partial charge on any atom is -0.507 e. The monoisotopic (exact) mass is 252 g/mol. The predicted molar refractivity (Wildman–Crippen MR) is 64.8 cm³/mol. The molecule has 0 aromatic heterocycles. The van der Waals surface area contributed by atoms with Crippen LogP contribution in [0.25, 0.3) is 0 Å². The lowest BCUT2D eigenvalue weighted by molar-refractivity contribution is -0.139. The number of methoxy groups -OCH3 is 1. The summed E-state index contributed by atoms with van der Waals surface area (Å²) in [6.07, 6.45) is -0.451. The number of benzene rings is 1. The average Bonchev–Trinajstić information content (AvgIpc) is 2.30. The molecule has 0 aliphatic carbocycles. The standard InChI is InChI=1S/C13H16O5/c1-8(2)18-9-4-5-11(14)10(6-9)12(15)7-13(16)17-3/h4-6,8,14H,7H2,1-3H3. The van der Waals surface area contributed by atoms with Crippen LogP contribution < -0.4 is 4.74 Å². The summed E-state index contributed by atoms with van der Waals surface area (Å²) in [5.74, 6) is -0.862. The first-order valence-corrected chi connectivity index (χ1v) is 5.53. The first kappa shape index (κ1) is 14.0. The molecule has 0 aliphatic rings. The smallest absolute Gasteiger partial charge is 0.313 e. The maximum atomic E-state index is 11.8. The van der Waals surface area contributed by atoms with Gasteiger partial charge in [0, 0.05) is 0 Å². The number of ketones is 1. The first-order valence-electron chi connectivity index (χ1n) is 5.53. The molecular formula is C13H16O5. The van der Waals surface area contributed by atoms with Gasteiger partial charge in [-0.25, -0.2) is 0 Å². The number of phenolic OH excluding ortho intramolecular Hbond substituents is 1. The Labute approximate surface area is 105 Å². The van der Waals surface area contributed by atoms with Crippen molar-refractivity contribution >= 4 is 11.8 Å². The molecule has 0 saturated heterocycles. The van der Waals surface area contributed by atoms with Gasteiger partial charge < -0.3 is 14.6 Å². The third-order valence-corrected chi connectivity index (χ3v) is 2.17. The molecule has 1 aromatic carbocycles. The lowest BCUT2D eigenvalue weighted by Crippen LogP contribution is -2.11. The lowest BCUT2D eigenvalue weighted by atomic mass is 10.1. The van der Waals surface area contributed by atoms with Crippen LogP contribution in [0.2, 0.25) is 0 Å². The van der Waals surface area contributed by atoms with E-state index in [2.05, 4.69) is 4.74 Å². The molecule has 0 atom stereocenters. The number of rotatable bonds is 5. The number of hydrogen-bond donors (Lipinski definition) is 1. The molecule has 0 heterocycles. The number of carbonyl (C=O) groups excluding carboxylic acids is 2. The van der Waals surface area contributed by atoms with E-state index in [0.717, 1.165) is 0 Å².